The lowest BCUT2D eigenvalue weighted by atomic mass is 9.96. The SMILES string of the molecule is CCOc1ccccc1NC(=O)c1cc(C)c2c(c1)-c1ccccc1S(=O)(=O)N2C. The van der Waals surface area contributed by atoms with Crippen molar-refractivity contribution in [1.82, 2.24) is 0 Å². The molecule has 0 aliphatic carbocycles. The number of nitrogens with one attached hydrogen (secondary N) is 1. The molecule has 154 valence electrons. The highest BCUT2D eigenvalue weighted by Gasteiger charge is 2.34. The van der Waals surface area contributed by atoms with Crippen molar-refractivity contribution in [3.8, 4) is 16.9 Å². The molecule has 3 aromatic rings. The number of carbonyl (C=O) groups excluding carboxylic acids is 1. The summed E-state index contributed by atoms with van der Waals surface area (Å²) in [5.74, 6) is 0.306. The third-order valence-electron chi connectivity index (χ3n) is 5.13. The van der Waals surface area contributed by atoms with E-state index in [-0.39, 0.29) is 10.8 Å². The van der Waals surface area contributed by atoms with E-state index < -0.39 is 10.0 Å². The minimum Gasteiger partial charge on any atom is -0.492 e. The van der Waals surface area contributed by atoms with E-state index in [9.17, 15) is 13.2 Å². The maximum Gasteiger partial charge on any atom is 0.264 e. The molecule has 6 nitrogen and oxygen atoms in total. The highest BCUT2D eigenvalue weighted by atomic mass is 32.2. The van der Waals surface area contributed by atoms with Gasteiger partial charge < -0.3 is 10.1 Å². The molecule has 7 heteroatoms. The summed E-state index contributed by atoms with van der Waals surface area (Å²) in [4.78, 5) is 13.3. The molecule has 0 spiro atoms. The molecule has 0 bridgehead atoms. The number of nitrogens with zero attached hydrogens (tertiary/aromatic N) is 1. The third kappa shape index (κ3) is 3.21. The number of hydrogen-bond donors (Lipinski definition) is 1. The number of sulfonamides is 1. The molecule has 0 saturated heterocycles. The Balaban J connectivity index is 1.80. The molecule has 0 atom stereocenters. The molecule has 0 unspecified atom stereocenters. The summed E-state index contributed by atoms with van der Waals surface area (Å²) in [6, 6.07) is 17.5. The summed E-state index contributed by atoms with van der Waals surface area (Å²) in [6.07, 6.45) is 0. The van der Waals surface area contributed by atoms with Crippen LogP contribution in [0.25, 0.3) is 11.1 Å². The van der Waals surface area contributed by atoms with Gasteiger partial charge in [0.05, 0.1) is 22.9 Å². The average molecular weight is 423 g/mol. The Morgan fingerprint density at radius 1 is 1.03 bits per heavy atom. The van der Waals surface area contributed by atoms with Gasteiger partial charge in [-0.05, 0) is 49.7 Å². The van der Waals surface area contributed by atoms with Gasteiger partial charge >= 0.3 is 0 Å². The van der Waals surface area contributed by atoms with Gasteiger partial charge in [-0.3, -0.25) is 9.10 Å². The summed E-state index contributed by atoms with van der Waals surface area (Å²) >= 11 is 0. The van der Waals surface area contributed by atoms with Crippen LogP contribution in [-0.2, 0) is 10.0 Å². The molecule has 4 rings (SSSR count). The fourth-order valence-electron chi connectivity index (χ4n) is 3.76. The number of amides is 1. The van der Waals surface area contributed by atoms with E-state index in [0.717, 1.165) is 0 Å². The van der Waals surface area contributed by atoms with E-state index in [1.807, 2.05) is 26.0 Å². The number of aryl methyl sites for hydroxylation is 1. The number of ether oxygens (including phenoxy) is 1. The van der Waals surface area contributed by atoms with Crippen molar-refractivity contribution in [3.63, 3.8) is 0 Å². The average Bonchev–Trinajstić information content (AvgIpc) is 2.73. The molecule has 0 saturated carbocycles. The number of hydrogen-bond acceptors (Lipinski definition) is 4. The molecule has 3 aromatic carbocycles. The van der Waals surface area contributed by atoms with Crippen LogP contribution in [0.15, 0.2) is 65.6 Å². The van der Waals surface area contributed by atoms with E-state index in [1.165, 1.54) is 11.4 Å². The minimum atomic E-state index is -3.63. The maximum atomic E-state index is 13.0. The predicted octanol–water partition coefficient (Wildman–Crippen LogP) is 4.45. The second kappa shape index (κ2) is 7.50. The number of anilines is 2. The Labute approximate surface area is 176 Å². The predicted molar refractivity (Wildman–Crippen MR) is 118 cm³/mol. The first-order chi connectivity index (χ1) is 14.3. The Bertz CT molecular complexity index is 1250. The summed E-state index contributed by atoms with van der Waals surface area (Å²) in [5, 5.41) is 2.90. The van der Waals surface area contributed by atoms with Crippen LogP contribution in [0.3, 0.4) is 0 Å². The van der Waals surface area contributed by atoms with Crippen LogP contribution in [0.4, 0.5) is 11.4 Å². The molecule has 0 radical (unpaired) electrons. The van der Waals surface area contributed by atoms with Gasteiger partial charge in [-0.25, -0.2) is 8.42 Å². The van der Waals surface area contributed by atoms with Gasteiger partial charge in [0.2, 0.25) is 0 Å². The molecule has 30 heavy (non-hydrogen) atoms. The molecule has 1 heterocycles. The highest BCUT2D eigenvalue weighted by Crippen LogP contribution is 2.44. The van der Waals surface area contributed by atoms with Crippen LogP contribution < -0.4 is 14.4 Å². The van der Waals surface area contributed by atoms with Crippen molar-refractivity contribution < 1.29 is 17.9 Å². The van der Waals surface area contributed by atoms with Crippen LogP contribution in [0.1, 0.15) is 22.8 Å². The van der Waals surface area contributed by atoms with Crippen LogP contribution in [0.2, 0.25) is 0 Å². The second-order valence-electron chi connectivity index (χ2n) is 7.04. The molecular weight excluding hydrogens is 400 g/mol. The van der Waals surface area contributed by atoms with Crippen LogP contribution in [0, 0.1) is 6.92 Å². The fraction of sp³-hybridized carbons (Fsp3) is 0.174. The first-order valence-electron chi connectivity index (χ1n) is 9.60. The zero-order valence-corrected chi connectivity index (χ0v) is 17.8. The van der Waals surface area contributed by atoms with Crippen molar-refractivity contribution in [2.45, 2.75) is 18.7 Å². The standard InChI is InChI=1S/C23H22N2O4S/c1-4-29-20-11-7-6-10-19(20)24-23(26)16-13-15(2)22-18(14-16)17-9-5-8-12-21(17)30(27,28)25(22)3/h5-14H,4H2,1-3H3,(H,24,26). The van der Waals surface area contributed by atoms with Crippen LogP contribution in [0.5, 0.6) is 5.75 Å². The normalized spacial score (nSPS) is 13.9. The first-order valence-corrected chi connectivity index (χ1v) is 11.0. The highest BCUT2D eigenvalue weighted by molar-refractivity contribution is 7.93. The van der Waals surface area contributed by atoms with Gasteiger partial charge in [-0.15, -0.1) is 0 Å². The monoisotopic (exact) mass is 422 g/mol. The molecule has 1 aliphatic heterocycles. The summed E-state index contributed by atoms with van der Waals surface area (Å²) in [6.45, 7) is 4.18. The van der Waals surface area contributed by atoms with Gasteiger partial charge in [0.25, 0.3) is 15.9 Å². The van der Waals surface area contributed by atoms with E-state index >= 15 is 0 Å². The van der Waals surface area contributed by atoms with Gasteiger partial charge in [0.1, 0.15) is 5.75 Å². The van der Waals surface area contributed by atoms with Gasteiger partial charge in [0.15, 0.2) is 0 Å². The quantitative estimate of drug-likeness (QED) is 0.674. The Morgan fingerprint density at radius 3 is 2.50 bits per heavy atom. The van der Waals surface area contributed by atoms with Gasteiger partial charge in [0, 0.05) is 23.7 Å². The molecular formula is C23H22N2O4S. The largest absolute Gasteiger partial charge is 0.492 e. The van der Waals surface area contributed by atoms with Gasteiger partial charge in [-0.1, -0.05) is 30.3 Å². The smallest absolute Gasteiger partial charge is 0.264 e. The van der Waals surface area contributed by atoms with Crippen molar-refractivity contribution >= 4 is 27.3 Å². The zero-order valence-electron chi connectivity index (χ0n) is 17.0. The molecule has 1 amide bonds. The van der Waals surface area contributed by atoms with E-state index in [2.05, 4.69) is 5.32 Å². The van der Waals surface area contributed by atoms with E-state index in [4.69, 9.17) is 4.74 Å². The molecule has 1 N–H and O–H groups in total. The lowest BCUT2D eigenvalue weighted by Crippen LogP contribution is -2.31. The lowest BCUT2D eigenvalue weighted by molar-refractivity contribution is 0.102. The van der Waals surface area contributed by atoms with Crippen LogP contribution >= 0.6 is 0 Å². The summed E-state index contributed by atoms with van der Waals surface area (Å²) < 4.78 is 32.7. The van der Waals surface area contributed by atoms with Crippen molar-refractivity contribution in [3.05, 3.63) is 71.8 Å². The zero-order chi connectivity index (χ0) is 21.5. The Kier molecular flexibility index (Phi) is 4.99. The van der Waals surface area contributed by atoms with E-state index in [1.54, 1.807) is 48.5 Å². The Hall–Kier alpha value is -3.32. The molecule has 0 fully saturated rings. The van der Waals surface area contributed by atoms with Crippen LogP contribution in [-0.4, -0.2) is 28.0 Å². The number of fused-ring (bicyclic) bond motifs is 3. The fourth-order valence-corrected chi connectivity index (χ4v) is 5.25. The molecule has 0 aromatic heterocycles. The first kappa shape index (κ1) is 20.0. The third-order valence-corrected chi connectivity index (χ3v) is 6.94. The van der Waals surface area contributed by atoms with Crippen molar-refractivity contribution in [2.75, 3.05) is 23.3 Å². The topological polar surface area (TPSA) is 75.7 Å². The second-order valence-corrected chi connectivity index (χ2v) is 8.98. The minimum absolute atomic E-state index is 0.235. The summed E-state index contributed by atoms with van der Waals surface area (Å²) in [5.41, 5.74) is 3.63. The van der Waals surface area contributed by atoms with Gasteiger partial charge in [-0.2, -0.15) is 0 Å². The van der Waals surface area contributed by atoms with Crippen molar-refractivity contribution in [2.24, 2.45) is 0 Å². The number of para-hydroxylation sites is 2. The number of benzene rings is 3. The van der Waals surface area contributed by atoms with Crippen molar-refractivity contribution in [1.29, 1.82) is 0 Å². The Morgan fingerprint density at radius 2 is 1.73 bits per heavy atom. The number of rotatable bonds is 4. The summed E-state index contributed by atoms with van der Waals surface area (Å²) in [7, 11) is -2.10. The maximum absolute atomic E-state index is 13.0. The molecule has 1 aliphatic rings. The van der Waals surface area contributed by atoms with E-state index in [0.29, 0.717) is 46.0 Å². The number of carbonyl (C=O) groups is 1. The lowest BCUT2D eigenvalue weighted by Gasteiger charge is -2.31.